The molecule has 2 aliphatic rings. The second-order valence-electron chi connectivity index (χ2n) is 8.02. The number of amidine groups is 1. The van der Waals surface area contributed by atoms with Crippen LogP contribution in [0.4, 0.5) is 0 Å². The van der Waals surface area contributed by atoms with Gasteiger partial charge in [-0.05, 0) is 62.1 Å². The van der Waals surface area contributed by atoms with Gasteiger partial charge in [0.15, 0.2) is 0 Å². The number of unbranched alkanes of at least 4 members (excludes halogenated alkanes) is 1. The Morgan fingerprint density at radius 3 is 2.86 bits per heavy atom. The van der Waals surface area contributed by atoms with Crippen LogP contribution in [0.3, 0.4) is 0 Å². The molecular formula is C22H36N4O2. The minimum Gasteiger partial charge on any atom is -0.327 e. The number of hydrogen-bond acceptors (Lipinski definition) is 5. The first-order valence-corrected chi connectivity index (χ1v) is 10.6. The third-order valence-electron chi connectivity index (χ3n) is 5.38. The van der Waals surface area contributed by atoms with Gasteiger partial charge >= 0.3 is 0 Å². The number of carbonyl (C=O) groups is 1. The normalized spacial score (nSPS) is 21.5. The Hall–Kier alpha value is -1.92. The number of likely N-dealkylation sites (N-methyl/N-ethyl adjacent to an activating group) is 1. The second-order valence-corrected chi connectivity index (χ2v) is 8.02. The fourth-order valence-electron chi connectivity index (χ4n) is 3.65. The molecule has 2 atom stereocenters. The van der Waals surface area contributed by atoms with Crippen LogP contribution in [0.15, 0.2) is 41.1 Å². The van der Waals surface area contributed by atoms with E-state index in [-0.39, 0.29) is 6.04 Å². The van der Waals surface area contributed by atoms with Gasteiger partial charge in [0.1, 0.15) is 5.84 Å². The minimum absolute atomic E-state index is 0.290. The molecule has 0 bridgehead atoms. The van der Waals surface area contributed by atoms with E-state index in [4.69, 9.17) is 10.2 Å². The van der Waals surface area contributed by atoms with E-state index in [1.807, 2.05) is 12.2 Å². The van der Waals surface area contributed by atoms with E-state index in [0.29, 0.717) is 12.0 Å². The Bertz CT molecular complexity index is 636. The van der Waals surface area contributed by atoms with Gasteiger partial charge in [0.05, 0.1) is 12.1 Å². The quantitative estimate of drug-likeness (QED) is 0.323. The maximum absolute atomic E-state index is 11.2. The Kier molecular flexibility index (Phi) is 8.93. The van der Waals surface area contributed by atoms with Gasteiger partial charge in [0, 0.05) is 18.8 Å². The number of rotatable bonds is 11. The lowest BCUT2D eigenvalue weighted by Gasteiger charge is -2.33. The Morgan fingerprint density at radius 1 is 1.43 bits per heavy atom. The third-order valence-corrected chi connectivity index (χ3v) is 5.38. The molecule has 156 valence electrons. The summed E-state index contributed by atoms with van der Waals surface area (Å²) in [5.41, 5.74) is 2.52. The highest BCUT2D eigenvalue weighted by molar-refractivity contribution is 5.98. The minimum atomic E-state index is -0.535. The third kappa shape index (κ3) is 6.31. The summed E-state index contributed by atoms with van der Waals surface area (Å²) < 4.78 is 0. The molecule has 0 aromatic rings. The number of nitrogens with zero attached hydrogens (tertiary/aromatic N) is 3. The topological polar surface area (TPSA) is 68.2 Å². The lowest BCUT2D eigenvalue weighted by atomic mass is 9.98. The molecule has 6 nitrogen and oxygen atoms in total. The van der Waals surface area contributed by atoms with Gasteiger partial charge in [-0.2, -0.15) is 0 Å². The molecule has 0 radical (unpaired) electrons. The van der Waals surface area contributed by atoms with Crippen LogP contribution >= 0.6 is 0 Å². The number of fused-ring (bicyclic) bond motifs is 1. The zero-order chi connectivity index (χ0) is 20.5. The van der Waals surface area contributed by atoms with E-state index in [2.05, 4.69) is 43.7 Å². The number of allylic oxidation sites excluding steroid dienone is 3. The van der Waals surface area contributed by atoms with Gasteiger partial charge in [-0.3, -0.25) is 15.0 Å². The van der Waals surface area contributed by atoms with Crippen molar-refractivity contribution in [3.63, 3.8) is 0 Å². The summed E-state index contributed by atoms with van der Waals surface area (Å²) in [6, 6.07) is 0.641. The highest BCUT2D eigenvalue weighted by atomic mass is 16.5. The molecule has 2 unspecified atom stereocenters. The largest absolute Gasteiger partial charge is 0.327 e. The van der Waals surface area contributed by atoms with E-state index >= 15 is 0 Å². The summed E-state index contributed by atoms with van der Waals surface area (Å²) >= 11 is 0. The number of amides is 1. The molecule has 0 aromatic carbocycles. The standard InChI is InChI=1S/C22H36N4O2/c1-5-7-13-25(6-2)16-20-19(10-8-17(3)4)23-21-15-18(12-14-26(20)21)9-11-22(27)24-28/h9,11-12,14-15,17,19-20,28H,5-8,10,13,16H2,1-4H3,(H,24,27)/b11-9+. The van der Waals surface area contributed by atoms with Gasteiger partial charge in [0.25, 0.3) is 5.91 Å². The van der Waals surface area contributed by atoms with Crippen molar-refractivity contribution in [2.75, 3.05) is 19.6 Å². The molecule has 0 spiro atoms. The van der Waals surface area contributed by atoms with Crippen LogP contribution in [0.1, 0.15) is 53.4 Å². The van der Waals surface area contributed by atoms with Crippen LogP contribution in [0.2, 0.25) is 0 Å². The van der Waals surface area contributed by atoms with Crippen LogP contribution < -0.4 is 5.48 Å². The summed E-state index contributed by atoms with van der Waals surface area (Å²) in [5.74, 6) is 1.10. The molecule has 2 rings (SSSR count). The predicted molar refractivity (Wildman–Crippen MR) is 114 cm³/mol. The number of hydrogen-bond donors (Lipinski definition) is 2. The van der Waals surface area contributed by atoms with Gasteiger partial charge in [-0.15, -0.1) is 0 Å². The first kappa shape index (κ1) is 22.4. The molecule has 2 N–H and O–H groups in total. The zero-order valence-electron chi connectivity index (χ0n) is 17.8. The van der Waals surface area contributed by atoms with E-state index < -0.39 is 5.91 Å². The van der Waals surface area contributed by atoms with Gasteiger partial charge in [0.2, 0.25) is 0 Å². The molecule has 0 saturated carbocycles. The van der Waals surface area contributed by atoms with Crippen molar-refractivity contribution in [3.8, 4) is 0 Å². The van der Waals surface area contributed by atoms with Crippen molar-refractivity contribution in [1.29, 1.82) is 0 Å². The Labute approximate surface area is 169 Å². The number of hydroxylamine groups is 1. The van der Waals surface area contributed by atoms with Gasteiger partial charge in [-0.25, -0.2) is 5.48 Å². The zero-order valence-corrected chi connectivity index (χ0v) is 17.8. The molecule has 0 aromatic heterocycles. The first-order valence-electron chi connectivity index (χ1n) is 10.6. The number of aliphatic imine (C=N–C) groups is 1. The molecule has 6 heteroatoms. The fourth-order valence-corrected chi connectivity index (χ4v) is 3.65. The molecule has 0 fully saturated rings. The number of carbonyl (C=O) groups excluding carboxylic acids is 1. The van der Waals surface area contributed by atoms with E-state index in [1.165, 1.54) is 25.3 Å². The second kappa shape index (κ2) is 11.2. The van der Waals surface area contributed by atoms with Crippen LogP contribution in [0.5, 0.6) is 0 Å². The van der Waals surface area contributed by atoms with E-state index in [0.717, 1.165) is 37.5 Å². The lowest BCUT2D eigenvalue weighted by molar-refractivity contribution is -0.124. The van der Waals surface area contributed by atoms with Crippen LogP contribution in [0.25, 0.3) is 0 Å². The van der Waals surface area contributed by atoms with Crippen molar-refractivity contribution in [1.82, 2.24) is 15.3 Å². The maximum atomic E-state index is 11.2. The number of nitrogens with one attached hydrogen (secondary N) is 1. The smallest absolute Gasteiger partial charge is 0.267 e. The van der Waals surface area contributed by atoms with Crippen molar-refractivity contribution in [2.45, 2.75) is 65.5 Å². The molecule has 2 aliphatic heterocycles. The average Bonchev–Trinajstić information content (AvgIpc) is 3.03. The fraction of sp³-hybridized carbons (Fsp3) is 0.636. The molecule has 2 heterocycles. The molecule has 28 heavy (non-hydrogen) atoms. The summed E-state index contributed by atoms with van der Waals surface area (Å²) in [5, 5.41) is 8.63. The maximum Gasteiger partial charge on any atom is 0.267 e. The van der Waals surface area contributed by atoms with Gasteiger partial charge in [-0.1, -0.05) is 34.1 Å². The van der Waals surface area contributed by atoms with Crippen LogP contribution in [-0.4, -0.2) is 58.5 Å². The highest BCUT2D eigenvalue weighted by Gasteiger charge is 2.35. The summed E-state index contributed by atoms with van der Waals surface area (Å²) in [4.78, 5) is 21.1. The highest BCUT2D eigenvalue weighted by Crippen LogP contribution is 2.28. The van der Waals surface area contributed by atoms with Crippen molar-refractivity contribution in [3.05, 3.63) is 36.1 Å². The van der Waals surface area contributed by atoms with E-state index in [9.17, 15) is 4.79 Å². The first-order chi connectivity index (χ1) is 13.5. The molecule has 0 saturated heterocycles. The SMILES string of the molecule is CCCCN(CC)CC1C(CCC(C)C)N=C2C=C(/C=C/C(=O)NO)C=CN21. The summed E-state index contributed by atoms with van der Waals surface area (Å²) in [6.45, 7) is 12.2. The predicted octanol–water partition coefficient (Wildman–Crippen LogP) is 3.51. The van der Waals surface area contributed by atoms with E-state index in [1.54, 1.807) is 11.6 Å². The average molecular weight is 389 g/mol. The Morgan fingerprint density at radius 2 is 2.21 bits per heavy atom. The molecule has 1 amide bonds. The van der Waals surface area contributed by atoms with Crippen LogP contribution in [0, 0.1) is 5.92 Å². The van der Waals surface area contributed by atoms with Crippen molar-refractivity contribution in [2.24, 2.45) is 10.9 Å². The van der Waals surface area contributed by atoms with Crippen molar-refractivity contribution < 1.29 is 10.0 Å². The summed E-state index contributed by atoms with van der Waals surface area (Å²) in [7, 11) is 0. The Balaban J connectivity index is 2.15. The summed E-state index contributed by atoms with van der Waals surface area (Å²) in [6.07, 6.45) is 13.8. The monoisotopic (exact) mass is 388 g/mol. The molecule has 0 aliphatic carbocycles. The van der Waals surface area contributed by atoms with Crippen LogP contribution in [-0.2, 0) is 4.79 Å². The van der Waals surface area contributed by atoms with Gasteiger partial charge < -0.3 is 9.80 Å². The molecular weight excluding hydrogens is 352 g/mol. The lowest BCUT2D eigenvalue weighted by Crippen LogP contribution is -2.45. The van der Waals surface area contributed by atoms with Crippen molar-refractivity contribution >= 4 is 11.7 Å².